The molecule has 0 aliphatic heterocycles. The number of hydrogen-bond acceptors (Lipinski definition) is 4. The van der Waals surface area contributed by atoms with E-state index in [9.17, 15) is 14.4 Å². The number of carboxylic acid groups (broad SMARTS) is 1. The van der Waals surface area contributed by atoms with Crippen LogP contribution in [0.4, 0.5) is 9.59 Å². The minimum Gasteiger partial charge on any atom is -0.464 e. The van der Waals surface area contributed by atoms with E-state index in [-0.39, 0.29) is 12.2 Å². The Bertz CT molecular complexity index is 375. The molecule has 108 valence electrons. The van der Waals surface area contributed by atoms with Gasteiger partial charge in [-0.15, -0.1) is 0 Å². The molecule has 0 aromatic rings. The van der Waals surface area contributed by atoms with Crippen molar-refractivity contribution in [1.29, 1.82) is 0 Å². The summed E-state index contributed by atoms with van der Waals surface area (Å²) >= 11 is 0. The van der Waals surface area contributed by atoms with Crippen molar-refractivity contribution in [2.45, 2.75) is 58.1 Å². The summed E-state index contributed by atoms with van der Waals surface area (Å²) in [5, 5.41) is 9.87. The molecule has 1 rings (SSSR count). The van der Waals surface area contributed by atoms with Crippen LogP contribution in [0.1, 0.15) is 46.5 Å². The number of carbonyl (C=O) groups is 3. The largest absolute Gasteiger partial charge is 0.464 e. The first-order valence-electron chi connectivity index (χ1n) is 6.22. The summed E-state index contributed by atoms with van der Waals surface area (Å²) < 4.78 is 5.00. The predicted octanol–water partition coefficient (Wildman–Crippen LogP) is 1.92. The van der Waals surface area contributed by atoms with Crippen molar-refractivity contribution in [2.75, 3.05) is 0 Å². The molecule has 7 nitrogen and oxygen atoms in total. The highest BCUT2D eigenvalue weighted by Crippen LogP contribution is 2.19. The Morgan fingerprint density at radius 1 is 1.42 bits per heavy atom. The molecule has 1 fully saturated rings. The Balaban J connectivity index is 2.65. The van der Waals surface area contributed by atoms with Gasteiger partial charge in [-0.1, -0.05) is 0 Å². The van der Waals surface area contributed by atoms with Gasteiger partial charge in [-0.3, -0.25) is 4.79 Å². The van der Waals surface area contributed by atoms with Crippen molar-refractivity contribution in [1.82, 2.24) is 10.4 Å². The number of carbonyl (C=O) groups excluding carboxylic acids is 2. The first-order valence-corrected chi connectivity index (χ1v) is 6.22. The minimum atomic E-state index is -1.30. The molecular weight excluding hydrogens is 252 g/mol. The predicted molar refractivity (Wildman–Crippen MR) is 66.5 cm³/mol. The van der Waals surface area contributed by atoms with Crippen molar-refractivity contribution >= 4 is 18.0 Å². The molecule has 1 aliphatic rings. The molecule has 7 heteroatoms. The fourth-order valence-corrected chi connectivity index (χ4v) is 1.92. The normalized spacial score (nSPS) is 19.7. The Hall–Kier alpha value is -1.79. The molecule has 19 heavy (non-hydrogen) atoms. The molecule has 1 unspecified atom stereocenters. The van der Waals surface area contributed by atoms with Crippen molar-refractivity contribution in [3.8, 4) is 0 Å². The lowest BCUT2D eigenvalue weighted by atomic mass is 9.94. The van der Waals surface area contributed by atoms with Gasteiger partial charge in [-0.05, 0) is 33.6 Å². The minimum absolute atomic E-state index is 0.00786. The summed E-state index contributed by atoms with van der Waals surface area (Å²) in [5.74, 6) is 0.00786. The Kier molecular flexibility index (Phi) is 4.74. The average Bonchev–Trinajstić information content (AvgIpc) is 2.23. The molecular formula is C12H20N2O5. The van der Waals surface area contributed by atoms with Crippen LogP contribution < -0.4 is 5.43 Å². The van der Waals surface area contributed by atoms with Gasteiger partial charge >= 0.3 is 12.2 Å². The van der Waals surface area contributed by atoms with E-state index in [2.05, 4.69) is 5.43 Å². The Morgan fingerprint density at radius 3 is 2.53 bits per heavy atom. The lowest BCUT2D eigenvalue weighted by Gasteiger charge is -2.32. The van der Waals surface area contributed by atoms with E-state index in [0.717, 1.165) is 5.01 Å². The maximum Gasteiger partial charge on any atom is 0.426 e. The van der Waals surface area contributed by atoms with Crippen LogP contribution in [0.3, 0.4) is 0 Å². The highest BCUT2D eigenvalue weighted by molar-refractivity contribution is 5.81. The Morgan fingerprint density at radius 2 is 2.05 bits per heavy atom. The van der Waals surface area contributed by atoms with Crippen LogP contribution in [0.15, 0.2) is 0 Å². The third-order valence-corrected chi connectivity index (χ3v) is 2.64. The first kappa shape index (κ1) is 15.3. The lowest BCUT2D eigenvalue weighted by Crippen LogP contribution is -2.53. The summed E-state index contributed by atoms with van der Waals surface area (Å²) in [6.07, 6.45) is -0.367. The van der Waals surface area contributed by atoms with E-state index < -0.39 is 23.8 Å². The second kappa shape index (κ2) is 5.90. The van der Waals surface area contributed by atoms with Crippen molar-refractivity contribution in [3.05, 3.63) is 0 Å². The van der Waals surface area contributed by atoms with Crippen LogP contribution in [0.5, 0.6) is 0 Å². The van der Waals surface area contributed by atoms with E-state index in [4.69, 9.17) is 9.84 Å². The smallest absolute Gasteiger partial charge is 0.426 e. The highest BCUT2D eigenvalue weighted by atomic mass is 16.6. The third kappa shape index (κ3) is 5.15. The number of Topliss-reactive ketones (excluding diaryl/α,β-unsaturated/α-hetero) is 1. The third-order valence-electron chi connectivity index (χ3n) is 2.64. The molecule has 2 N–H and O–H groups in total. The number of hydrazine groups is 1. The molecule has 0 aromatic carbocycles. The average molecular weight is 272 g/mol. The molecule has 1 aliphatic carbocycles. The number of rotatable bonds is 1. The maximum absolute atomic E-state index is 11.6. The quantitative estimate of drug-likeness (QED) is 0.711. The fourth-order valence-electron chi connectivity index (χ4n) is 1.92. The molecule has 1 saturated carbocycles. The van der Waals surface area contributed by atoms with Gasteiger partial charge in [0.25, 0.3) is 0 Å². The van der Waals surface area contributed by atoms with Crippen molar-refractivity contribution in [2.24, 2.45) is 0 Å². The number of nitrogens with zero attached hydrogens (tertiary/aromatic N) is 1. The van der Waals surface area contributed by atoms with E-state index in [1.165, 1.54) is 0 Å². The number of amides is 2. The molecule has 0 radical (unpaired) electrons. The highest BCUT2D eigenvalue weighted by Gasteiger charge is 2.31. The van der Waals surface area contributed by atoms with Gasteiger partial charge in [0.05, 0.1) is 6.04 Å². The van der Waals surface area contributed by atoms with Gasteiger partial charge in [0, 0.05) is 12.8 Å². The summed E-state index contributed by atoms with van der Waals surface area (Å²) in [6.45, 7) is 5.05. The number of nitrogens with one attached hydrogen (secondary N) is 1. The van der Waals surface area contributed by atoms with Gasteiger partial charge in [0.1, 0.15) is 11.4 Å². The zero-order valence-corrected chi connectivity index (χ0v) is 11.4. The van der Waals surface area contributed by atoms with Crippen LogP contribution in [0.2, 0.25) is 0 Å². The van der Waals surface area contributed by atoms with E-state index in [1.54, 1.807) is 20.8 Å². The van der Waals surface area contributed by atoms with E-state index in [0.29, 0.717) is 19.3 Å². The summed E-state index contributed by atoms with van der Waals surface area (Å²) in [5.41, 5.74) is 1.47. The van der Waals surface area contributed by atoms with E-state index in [1.807, 2.05) is 0 Å². The Labute approximate surface area is 111 Å². The van der Waals surface area contributed by atoms with Gasteiger partial charge in [0.2, 0.25) is 0 Å². The summed E-state index contributed by atoms with van der Waals surface area (Å²) in [6, 6.07) is -0.522. The van der Waals surface area contributed by atoms with Crippen LogP contribution in [-0.4, -0.2) is 39.7 Å². The molecule has 0 heterocycles. The monoisotopic (exact) mass is 272 g/mol. The van der Waals surface area contributed by atoms with Crippen LogP contribution in [-0.2, 0) is 9.53 Å². The topological polar surface area (TPSA) is 95.9 Å². The lowest BCUT2D eigenvalue weighted by molar-refractivity contribution is -0.122. The first-order chi connectivity index (χ1) is 8.69. The van der Waals surface area contributed by atoms with Gasteiger partial charge in [-0.2, -0.15) is 0 Å². The summed E-state index contributed by atoms with van der Waals surface area (Å²) in [4.78, 5) is 34.1. The van der Waals surface area contributed by atoms with Crippen LogP contribution >= 0.6 is 0 Å². The number of ketones is 1. The van der Waals surface area contributed by atoms with E-state index >= 15 is 0 Å². The van der Waals surface area contributed by atoms with Gasteiger partial charge in [-0.25, -0.2) is 20.0 Å². The van der Waals surface area contributed by atoms with Crippen molar-refractivity contribution < 1.29 is 24.2 Å². The van der Waals surface area contributed by atoms with Crippen LogP contribution in [0, 0.1) is 0 Å². The van der Waals surface area contributed by atoms with Crippen molar-refractivity contribution in [3.63, 3.8) is 0 Å². The van der Waals surface area contributed by atoms with Crippen LogP contribution in [0.25, 0.3) is 0 Å². The maximum atomic E-state index is 11.6. The zero-order chi connectivity index (χ0) is 14.6. The number of ether oxygens (including phenoxy) is 1. The summed E-state index contributed by atoms with van der Waals surface area (Å²) in [7, 11) is 0. The molecule has 0 bridgehead atoms. The molecule has 0 saturated heterocycles. The number of hydrogen-bond donors (Lipinski definition) is 2. The second-order valence-corrected chi connectivity index (χ2v) is 5.56. The fraction of sp³-hybridized carbons (Fsp3) is 0.750. The molecule has 2 amide bonds. The standard InChI is InChI=1S/C12H20N2O5/c1-12(2,3)19-10(16)13-14(11(17)18)8-5-4-6-9(15)7-8/h8H,4-7H2,1-3H3,(H,13,16)(H,17,18). The van der Waals surface area contributed by atoms with Gasteiger partial charge < -0.3 is 9.84 Å². The molecule has 0 aromatic heterocycles. The SMILES string of the molecule is CC(C)(C)OC(=O)NN(C(=O)O)C1CCCC(=O)C1. The molecule has 1 atom stereocenters. The van der Waals surface area contributed by atoms with Gasteiger partial charge in [0.15, 0.2) is 0 Å². The second-order valence-electron chi connectivity index (χ2n) is 5.56. The molecule has 0 spiro atoms. The zero-order valence-electron chi connectivity index (χ0n) is 11.4.